The number of halogens is 1. The van der Waals surface area contributed by atoms with E-state index in [4.69, 9.17) is 10.5 Å². The van der Waals surface area contributed by atoms with Crippen LogP contribution in [0, 0.1) is 0 Å². The lowest BCUT2D eigenvalue weighted by Crippen LogP contribution is -2.35. The first-order valence-electron chi connectivity index (χ1n) is 7.41. The fraction of sp³-hybridized carbons (Fsp3) is 0.375. The lowest BCUT2D eigenvalue weighted by molar-refractivity contribution is -0.132. The number of nitrogens with two attached hydrogens (primary N) is 1. The van der Waals surface area contributed by atoms with Crippen molar-refractivity contribution < 1.29 is 9.53 Å². The molecule has 1 aliphatic heterocycles. The molecule has 2 atom stereocenters. The maximum absolute atomic E-state index is 12.1. The second kappa shape index (κ2) is 7.59. The molecule has 23 heavy (non-hydrogen) atoms. The number of hydrogen-bond acceptors (Lipinski definition) is 4. The molecule has 3 rings (SSSR count). The Kier molecular flexibility index (Phi) is 5.76. The highest BCUT2D eigenvalue weighted by molar-refractivity contribution is 5.85. The number of nitrogens with one attached hydrogen (secondary N) is 2. The van der Waals surface area contributed by atoms with Crippen LogP contribution in [0.1, 0.15) is 18.4 Å². The minimum Gasteiger partial charge on any atom is -0.364 e. The van der Waals surface area contributed by atoms with Gasteiger partial charge in [-0.2, -0.15) is 0 Å². The van der Waals surface area contributed by atoms with Crippen molar-refractivity contribution in [2.24, 2.45) is 5.73 Å². The van der Waals surface area contributed by atoms with Gasteiger partial charge in [0.1, 0.15) is 6.10 Å². The van der Waals surface area contributed by atoms with E-state index in [1.807, 2.05) is 24.3 Å². The average molecular weight is 338 g/mol. The van der Waals surface area contributed by atoms with Gasteiger partial charge in [0.05, 0.1) is 6.10 Å². The molecule has 4 N–H and O–H groups in total. The predicted octanol–water partition coefficient (Wildman–Crippen LogP) is 1.07. The van der Waals surface area contributed by atoms with Crippen LogP contribution in [-0.2, 0) is 16.1 Å². The Hall–Kier alpha value is -1.89. The van der Waals surface area contributed by atoms with Gasteiger partial charge in [-0.15, -0.1) is 12.4 Å². The minimum absolute atomic E-state index is 0. The Morgan fingerprint density at radius 3 is 2.87 bits per heavy atom. The van der Waals surface area contributed by atoms with Crippen LogP contribution in [0.3, 0.4) is 0 Å². The molecule has 1 aliphatic rings. The van der Waals surface area contributed by atoms with Gasteiger partial charge in [-0.25, -0.2) is 0 Å². The second-order valence-electron chi connectivity index (χ2n) is 5.48. The Labute approximate surface area is 139 Å². The van der Waals surface area contributed by atoms with Crippen LogP contribution in [-0.4, -0.2) is 29.6 Å². The van der Waals surface area contributed by atoms with Gasteiger partial charge >= 0.3 is 0 Å². The molecule has 0 saturated carbocycles. The van der Waals surface area contributed by atoms with Crippen molar-refractivity contribution in [3.63, 3.8) is 0 Å². The first-order valence-corrected chi connectivity index (χ1v) is 7.41. The highest BCUT2D eigenvalue weighted by Crippen LogP contribution is 2.19. The van der Waals surface area contributed by atoms with Gasteiger partial charge in [0.25, 0.3) is 0 Å². The molecule has 2 aromatic rings. The first-order chi connectivity index (χ1) is 10.7. The van der Waals surface area contributed by atoms with Crippen LogP contribution in [0.2, 0.25) is 0 Å². The van der Waals surface area contributed by atoms with Crippen LogP contribution in [0.25, 0.3) is 10.9 Å². The van der Waals surface area contributed by atoms with Gasteiger partial charge in [0, 0.05) is 30.1 Å². The third kappa shape index (κ3) is 3.90. The van der Waals surface area contributed by atoms with Crippen molar-refractivity contribution in [3.05, 3.63) is 46.2 Å². The van der Waals surface area contributed by atoms with Crippen molar-refractivity contribution in [1.82, 2.24) is 10.3 Å². The van der Waals surface area contributed by atoms with Gasteiger partial charge in [0.15, 0.2) is 0 Å². The molecule has 1 amide bonds. The molecule has 1 aromatic carbocycles. The standard InChI is InChI=1S/C16H19N3O3.ClH/c17-8-11-5-6-14(22-11)16(21)18-9-10-7-15(20)19-13-4-2-1-3-12(10)13;/h1-4,7,11,14H,5-6,8-9,17H2,(H,18,21)(H,19,20);1H/t11-,14+;/m1./s1. The van der Waals surface area contributed by atoms with Gasteiger partial charge in [-0.3, -0.25) is 9.59 Å². The molecule has 0 spiro atoms. The number of carbonyl (C=O) groups excluding carboxylic acids is 1. The zero-order valence-corrected chi connectivity index (χ0v) is 13.4. The van der Waals surface area contributed by atoms with Crippen molar-refractivity contribution >= 4 is 29.2 Å². The summed E-state index contributed by atoms with van der Waals surface area (Å²) in [5.74, 6) is -0.152. The summed E-state index contributed by atoms with van der Waals surface area (Å²) >= 11 is 0. The van der Waals surface area contributed by atoms with Crippen LogP contribution >= 0.6 is 12.4 Å². The predicted molar refractivity (Wildman–Crippen MR) is 90.6 cm³/mol. The van der Waals surface area contributed by atoms with E-state index in [2.05, 4.69) is 10.3 Å². The Morgan fingerprint density at radius 1 is 1.35 bits per heavy atom. The quantitative estimate of drug-likeness (QED) is 0.777. The van der Waals surface area contributed by atoms with Crippen molar-refractivity contribution in [1.29, 1.82) is 0 Å². The molecule has 0 bridgehead atoms. The van der Waals surface area contributed by atoms with E-state index in [9.17, 15) is 9.59 Å². The van der Waals surface area contributed by atoms with E-state index in [0.29, 0.717) is 19.5 Å². The highest BCUT2D eigenvalue weighted by Gasteiger charge is 2.29. The summed E-state index contributed by atoms with van der Waals surface area (Å²) < 4.78 is 5.57. The Morgan fingerprint density at radius 2 is 2.13 bits per heavy atom. The molecule has 2 heterocycles. The average Bonchev–Trinajstić information content (AvgIpc) is 3.01. The van der Waals surface area contributed by atoms with E-state index in [1.165, 1.54) is 6.07 Å². The molecular weight excluding hydrogens is 318 g/mol. The maximum Gasteiger partial charge on any atom is 0.249 e. The second-order valence-corrected chi connectivity index (χ2v) is 5.48. The topological polar surface area (TPSA) is 97.2 Å². The minimum atomic E-state index is -0.443. The molecule has 1 fully saturated rings. The number of pyridine rings is 1. The molecule has 0 unspecified atom stereocenters. The highest BCUT2D eigenvalue weighted by atomic mass is 35.5. The summed E-state index contributed by atoms with van der Waals surface area (Å²) in [4.78, 5) is 26.6. The summed E-state index contributed by atoms with van der Waals surface area (Å²) in [5.41, 5.74) is 6.92. The number of hydrogen-bond donors (Lipinski definition) is 3. The summed E-state index contributed by atoms with van der Waals surface area (Å²) in [6.45, 7) is 0.735. The summed E-state index contributed by atoms with van der Waals surface area (Å²) in [7, 11) is 0. The van der Waals surface area contributed by atoms with Crippen molar-refractivity contribution in [2.75, 3.05) is 6.54 Å². The number of carbonyl (C=O) groups is 1. The number of fused-ring (bicyclic) bond motifs is 1. The van der Waals surface area contributed by atoms with Crippen molar-refractivity contribution in [2.45, 2.75) is 31.6 Å². The summed E-state index contributed by atoms with van der Waals surface area (Å²) in [5, 5.41) is 3.77. The summed E-state index contributed by atoms with van der Waals surface area (Å²) in [6.07, 6.45) is 1.02. The molecule has 0 aliphatic carbocycles. The third-order valence-corrected chi connectivity index (χ3v) is 3.95. The first kappa shape index (κ1) is 17.5. The molecule has 1 aromatic heterocycles. The smallest absolute Gasteiger partial charge is 0.249 e. The molecule has 6 nitrogen and oxygen atoms in total. The number of rotatable bonds is 4. The number of H-pyrrole nitrogens is 1. The van der Waals surface area contributed by atoms with E-state index < -0.39 is 6.10 Å². The Balaban J connectivity index is 0.00000192. The number of para-hydroxylation sites is 1. The van der Waals surface area contributed by atoms with E-state index in [0.717, 1.165) is 22.9 Å². The molecule has 7 heteroatoms. The third-order valence-electron chi connectivity index (χ3n) is 3.95. The van der Waals surface area contributed by atoms with Gasteiger partial charge in [-0.05, 0) is 24.5 Å². The van der Waals surface area contributed by atoms with E-state index >= 15 is 0 Å². The number of amides is 1. The van der Waals surface area contributed by atoms with E-state index in [1.54, 1.807) is 0 Å². The van der Waals surface area contributed by atoms with Crippen LogP contribution in [0.5, 0.6) is 0 Å². The number of ether oxygens (including phenoxy) is 1. The monoisotopic (exact) mass is 337 g/mol. The number of aromatic nitrogens is 1. The number of benzene rings is 1. The van der Waals surface area contributed by atoms with E-state index in [-0.39, 0.29) is 30.0 Å². The molecular formula is C16H20ClN3O3. The summed E-state index contributed by atoms with van der Waals surface area (Å²) in [6, 6.07) is 9.04. The maximum atomic E-state index is 12.1. The molecule has 0 radical (unpaired) electrons. The van der Waals surface area contributed by atoms with Crippen LogP contribution in [0.15, 0.2) is 35.1 Å². The van der Waals surface area contributed by atoms with Crippen LogP contribution < -0.4 is 16.6 Å². The SMILES string of the molecule is Cl.NC[C@H]1CC[C@@H](C(=O)NCc2cc(=O)[nH]c3ccccc23)O1. The fourth-order valence-corrected chi connectivity index (χ4v) is 2.79. The van der Waals surface area contributed by atoms with Gasteiger partial charge in [-0.1, -0.05) is 18.2 Å². The van der Waals surface area contributed by atoms with Gasteiger partial charge in [0.2, 0.25) is 11.5 Å². The zero-order valence-electron chi connectivity index (χ0n) is 12.6. The lowest BCUT2D eigenvalue weighted by atomic mass is 10.1. The van der Waals surface area contributed by atoms with Crippen molar-refractivity contribution in [3.8, 4) is 0 Å². The zero-order chi connectivity index (χ0) is 15.5. The largest absolute Gasteiger partial charge is 0.364 e. The van der Waals surface area contributed by atoms with Crippen LogP contribution in [0.4, 0.5) is 0 Å². The fourth-order valence-electron chi connectivity index (χ4n) is 2.79. The van der Waals surface area contributed by atoms with Gasteiger partial charge < -0.3 is 20.8 Å². The molecule has 1 saturated heterocycles. The number of aromatic amines is 1. The Bertz CT molecular complexity index is 747. The lowest BCUT2D eigenvalue weighted by Gasteiger charge is -2.13. The normalized spacial score (nSPS) is 20.2. The molecule has 124 valence electrons.